The van der Waals surface area contributed by atoms with Crippen molar-refractivity contribution in [3.8, 4) is 6.07 Å². The van der Waals surface area contributed by atoms with E-state index in [2.05, 4.69) is 11.9 Å². The fraction of sp³-hybridized carbons (Fsp3) is 0.125. The highest BCUT2D eigenvalue weighted by Crippen LogP contribution is 2.32. The number of ether oxygens (including phenoxy) is 1. The predicted octanol–water partition coefficient (Wildman–Crippen LogP) is 4.21. The van der Waals surface area contributed by atoms with Crippen LogP contribution in [0.1, 0.15) is 24.1 Å². The minimum Gasteiger partial charge on any atom is -0.462 e. The molecule has 0 aromatic heterocycles. The van der Waals surface area contributed by atoms with Gasteiger partial charge in [-0.3, -0.25) is 4.90 Å². The summed E-state index contributed by atoms with van der Waals surface area (Å²) in [5, 5.41) is 12.1. The summed E-state index contributed by atoms with van der Waals surface area (Å²) in [5.74, 6) is -0.722. The highest BCUT2D eigenvalue weighted by molar-refractivity contribution is 5.94. The van der Waals surface area contributed by atoms with E-state index in [0.29, 0.717) is 11.3 Å². The number of benzene rings is 2. The molecule has 0 saturated carbocycles. The Bertz CT molecular complexity index is 1010. The predicted molar refractivity (Wildman–Crippen MR) is 113 cm³/mol. The number of nitriles is 1. The molecule has 0 spiro atoms. The second kappa shape index (κ2) is 9.39. The van der Waals surface area contributed by atoms with Crippen LogP contribution in [0.2, 0.25) is 0 Å². The lowest BCUT2D eigenvalue weighted by molar-refractivity contribution is -0.138. The van der Waals surface area contributed by atoms with Gasteiger partial charge in [-0.05, 0) is 24.1 Å². The first kappa shape index (κ1) is 20.6. The average molecular weight is 399 g/mol. The Morgan fingerprint density at radius 1 is 1.17 bits per heavy atom. The van der Waals surface area contributed by atoms with Crippen LogP contribution in [0.25, 0.3) is 0 Å². The molecule has 0 aliphatic carbocycles. The molecule has 0 radical (unpaired) electrons. The quantitative estimate of drug-likeness (QED) is 0.448. The number of urea groups is 1. The van der Waals surface area contributed by atoms with Crippen molar-refractivity contribution in [1.82, 2.24) is 10.2 Å². The summed E-state index contributed by atoms with van der Waals surface area (Å²) in [6, 6.07) is 20.3. The van der Waals surface area contributed by atoms with Gasteiger partial charge in [-0.15, -0.1) is 0 Å². The molecule has 6 nitrogen and oxygen atoms in total. The van der Waals surface area contributed by atoms with Gasteiger partial charge in [-0.1, -0.05) is 67.2 Å². The zero-order valence-corrected chi connectivity index (χ0v) is 16.5. The van der Waals surface area contributed by atoms with Gasteiger partial charge in [0.05, 0.1) is 12.6 Å². The lowest BCUT2D eigenvalue weighted by Gasteiger charge is -2.34. The Morgan fingerprint density at radius 3 is 2.23 bits per heavy atom. The first-order chi connectivity index (χ1) is 14.5. The fourth-order valence-electron chi connectivity index (χ4n) is 3.15. The number of carbonyl (C=O) groups excluding carboxylic acids is 2. The smallest absolute Gasteiger partial charge is 0.348 e. The summed E-state index contributed by atoms with van der Waals surface area (Å²) in [6.45, 7) is 5.67. The molecule has 0 saturated heterocycles. The first-order valence-electron chi connectivity index (χ1n) is 9.44. The minimum absolute atomic E-state index is 0.158. The van der Waals surface area contributed by atoms with E-state index in [4.69, 9.17) is 4.74 Å². The number of carbonyl (C=O) groups is 2. The van der Waals surface area contributed by atoms with E-state index < -0.39 is 12.0 Å². The molecule has 0 fully saturated rings. The van der Waals surface area contributed by atoms with E-state index in [1.807, 2.05) is 66.7 Å². The van der Waals surface area contributed by atoms with Crippen LogP contribution in [0, 0.1) is 11.3 Å². The summed E-state index contributed by atoms with van der Waals surface area (Å²) in [5.41, 5.74) is 2.40. The molecule has 30 heavy (non-hydrogen) atoms. The third kappa shape index (κ3) is 4.47. The van der Waals surface area contributed by atoms with Crippen LogP contribution < -0.4 is 5.32 Å². The van der Waals surface area contributed by atoms with Crippen LogP contribution in [0.4, 0.5) is 4.79 Å². The second-order valence-electron chi connectivity index (χ2n) is 6.51. The highest BCUT2D eigenvalue weighted by Gasteiger charge is 2.30. The molecular formula is C24H21N3O3. The van der Waals surface area contributed by atoms with E-state index >= 15 is 0 Å². The summed E-state index contributed by atoms with van der Waals surface area (Å²) in [6.07, 6.45) is 2.97. The Kier molecular flexibility index (Phi) is 6.46. The van der Waals surface area contributed by atoms with Crippen molar-refractivity contribution < 1.29 is 14.3 Å². The number of allylic oxidation sites excluding steroid dienone is 1. The average Bonchev–Trinajstić information content (AvgIpc) is 2.76. The van der Waals surface area contributed by atoms with Gasteiger partial charge in [0.15, 0.2) is 0 Å². The van der Waals surface area contributed by atoms with Crippen LogP contribution in [0.15, 0.2) is 96.4 Å². The zero-order valence-electron chi connectivity index (χ0n) is 16.5. The zero-order chi connectivity index (χ0) is 21.5. The molecule has 150 valence electrons. The van der Waals surface area contributed by atoms with Crippen LogP contribution in [-0.2, 0) is 9.53 Å². The molecule has 1 aliphatic heterocycles. The van der Waals surface area contributed by atoms with E-state index in [1.54, 1.807) is 13.1 Å². The van der Waals surface area contributed by atoms with Crippen LogP contribution in [0.3, 0.4) is 0 Å². The van der Waals surface area contributed by atoms with Gasteiger partial charge >= 0.3 is 12.0 Å². The molecule has 6 heteroatoms. The van der Waals surface area contributed by atoms with Crippen LogP contribution in [0.5, 0.6) is 0 Å². The first-order valence-corrected chi connectivity index (χ1v) is 9.44. The molecule has 1 N–H and O–H groups in total. The molecular weight excluding hydrogens is 378 g/mol. The van der Waals surface area contributed by atoms with E-state index in [-0.39, 0.29) is 18.2 Å². The monoisotopic (exact) mass is 399 g/mol. The van der Waals surface area contributed by atoms with E-state index in [9.17, 15) is 14.9 Å². The highest BCUT2D eigenvalue weighted by atomic mass is 16.5. The number of nitrogens with zero attached hydrogens (tertiary/aromatic N) is 2. The number of esters is 1. The second-order valence-corrected chi connectivity index (χ2v) is 6.51. The number of nitrogens with one attached hydrogen (secondary N) is 1. The van der Waals surface area contributed by atoms with E-state index in [1.165, 1.54) is 11.0 Å². The van der Waals surface area contributed by atoms with Gasteiger partial charge in [-0.25, -0.2) is 9.59 Å². The van der Waals surface area contributed by atoms with Crippen LogP contribution >= 0.6 is 0 Å². The van der Waals surface area contributed by atoms with Gasteiger partial charge in [0.25, 0.3) is 0 Å². The Balaban J connectivity index is 2.09. The third-order valence-corrected chi connectivity index (χ3v) is 4.54. The van der Waals surface area contributed by atoms with Crippen LogP contribution in [-0.4, -0.2) is 23.5 Å². The molecule has 2 aromatic carbocycles. The summed E-state index contributed by atoms with van der Waals surface area (Å²) in [4.78, 5) is 26.4. The largest absolute Gasteiger partial charge is 0.462 e. The van der Waals surface area contributed by atoms with Crippen molar-refractivity contribution >= 4 is 12.0 Å². The Hall–Kier alpha value is -4.11. The van der Waals surface area contributed by atoms with Crippen molar-refractivity contribution in [1.29, 1.82) is 5.26 Å². The molecule has 1 heterocycles. The molecule has 0 atom stereocenters. The molecule has 2 aromatic rings. The maximum Gasteiger partial charge on any atom is 0.348 e. The summed E-state index contributed by atoms with van der Waals surface area (Å²) in [7, 11) is 0. The molecule has 0 unspecified atom stereocenters. The molecule has 3 rings (SSSR count). The standard InChI is InChI=1S/C24H21N3O3/c1-3-30-23(28)20(15-25)14-21-16-27(24(29)26-17(21)2)22(18-10-6-4-7-11-18)19-12-8-5-9-13-19/h4-14,16,22H,2-3H2,1H3,(H,26,29)/b20-14+. The number of rotatable bonds is 6. The molecule has 0 bridgehead atoms. The van der Waals surface area contributed by atoms with Gasteiger partial charge < -0.3 is 10.1 Å². The third-order valence-electron chi connectivity index (χ3n) is 4.54. The number of amides is 2. The number of hydrogen-bond donors (Lipinski definition) is 1. The van der Waals surface area contributed by atoms with Gasteiger partial charge in [0, 0.05) is 17.5 Å². The van der Waals surface area contributed by atoms with Crippen molar-refractivity contribution in [2.75, 3.05) is 6.61 Å². The molecule has 1 aliphatic rings. The van der Waals surface area contributed by atoms with Gasteiger partial charge in [0.2, 0.25) is 0 Å². The molecule has 2 amide bonds. The van der Waals surface area contributed by atoms with Crippen molar-refractivity contribution in [2.24, 2.45) is 0 Å². The lowest BCUT2D eigenvalue weighted by atomic mass is 9.96. The normalized spacial score (nSPS) is 14.1. The Morgan fingerprint density at radius 2 is 1.73 bits per heavy atom. The van der Waals surface area contributed by atoms with Crippen molar-refractivity contribution in [2.45, 2.75) is 13.0 Å². The summed E-state index contributed by atoms with van der Waals surface area (Å²) < 4.78 is 4.92. The minimum atomic E-state index is -0.722. The van der Waals surface area contributed by atoms with Crippen molar-refractivity contribution in [3.05, 3.63) is 107 Å². The fourth-order valence-corrected chi connectivity index (χ4v) is 3.15. The van der Waals surface area contributed by atoms with Gasteiger partial charge in [-0.2, -0.15) is 5.26 Å². The topological polar surface area (TPSA) is 82.4 Å². The Labute approximate surface area is 175 Å². The summed E-state index contributed by atoms with van der Waals surface area (Å²) >= 11 is 0. The van der Waals surface area contributed by atoms with Crippen molar-refractivity contribution in [3.63, 3.8) is 0 Å². The maximum atomic E-state index is 12.9. The SMILES string of the molecule is C=C1NC(=O)N(C(c2ccccc2)c2ccccc2)C=C1/C=C(\C#N)C(=O)OCC. The maximum absolute atomic E-state index is 12.9. The van der Waals surface area contributed by atoms with Gasteiger partial charge in [0.1, 0.15) is 11.6 Å². The number of hydrogen-bond acceptors (Lipinski definition) is 4. The lowest BCUT2D eigenvalue weighted by Crippen LogP contribution is -2.42. The van der Waals surface area contributed by atoms with E-state index in [0.717, 1.165) is 11.1 Å².